The van der Waals surface area contributed by atoms with Gasteiger partial charge < -0.3 is 15.7 Å². The summed E-state index contributed by atoms with van der Waals surface area (Å²) in [5.74, 6) is 0. The Hall–Kier alpha value is -1.59. The lowest BCUT2D eigenvalue weighted by Gasteiger charge is -2.30. The van der Waals surface area contributed by atoms with Gasteiger partial charge in [-0.2, -0.15) is 0 Å². The second-order valence-electron chi connectivity index (χ2n) is 6.67. The summed E-state index contributed by atoms with van der Waals surface area (Å²) in [6, 6.07) is 9.97. The first-order chi connectivity index (χ1) is 10.7. The highest BCUT2D eigenvalue weighted by atomic mass is 16.3. The van der Waals surface area contributed by atoms with E-state index in [1.807, 2.05) is 30.3 Å². The van der Waals surface area contributed by atoms with Crippen LogP contribution in [-0.2, 0) is 5.60 Å². The van der Waals surface area contributed by atoms with Crippen molar-refractivity contribution >= 4 is 6.03 Å². The number of aliphatic hydroxyl groups is 1. The molecule has 5 nitrogen and oxygen atoms in total. The van der Waals surface area contributed by atoms with Crippen LogP contribution in [0.5, 0.6) is 0 Å². The Balaban J connectivity index is 2.37. The van der Waals surface area contributed by atoms with Crippen LogP contribution in [0.25, 0.3) is 0 Å². The van der Waals surface area contributed by atoms with Gasteiger partial charge in [0.2, 0.25) is 0 Å². The quantitative estimate of drug-likeness (QED) is 0.688. The molecule has 0 aromatic heterocycles. The van der Waals surface area contributed by atoms with Crippen LogP contribution < -0.4 is 10.6 Å². The summed E-state index contributed by atoms with van der Waals surface area (Å²) in [5, 5.41) is 16.0. The van der Waals surface area contributed by atoms with Crippen molar-refractivity contribution in [3.63, 3.8) is 0 Å². The van der Waals surface area contributed by atoms with Crippen molar-refractivity contribution in [2.45, 2.75) is 52.3 Å². The number of nitrogens with zero attached hydrogens (tertiary/aromatic N) is 1. The van der Waals surface area contributed by atoms with E-state index < -0.39 is 5.60 Å². The highest BCUT2D eigenvalue weighted by molar-refractivity contribution is 5.73. The van der Waals surface area contributed by atoms with Crippen molar-refractivity contribution in [3.8, 4) is 0 Å². The van der Waals surface area contributed by atoms with Gasteiger partial charge in [-0.3, -0.25) is 4.90 Å². The third kappa shape index (κ3) is 6.59. The van der Waals surface area contributed by atoms with Gasteiger partial charge >= 0.3 is 6.03 Å². The van der Waals surface area contributed by atoms with Crippen LogP contribution in [0, 0.1) is 0 Å². The van der Waals surface area contributed by atoms with Crippen molar-refractivity contribution in [3.05, 3.63) is 35.9 Å². The predicted octanol–water partition coefficient (Wildman–Crippen LogP) is 2.31. The molecule has 3 N–H and O–H groups in total. The smallest absolute Gasteiger partial charge is 0.314 e. The summed E-state index contributed by atoms with van der Waals surface area (Å²) < 4.78 is 0. The fourth-order valence-electron chi connectivity index (χ4n) is 2.63. The topological polar surface area (TPSA) is 64.6 Å². The minimum absolute atomic E-state index is 0.168. The van der Waals surface area contributed by atoms with Crippen LogP contribution in [0.1, 0.15) is 40.2 Å². The molecule has 0 spiro atoms. The molecule has 130 valence electrons. The van der Waals surface area contributed by atoms with Crippen LogP contribution in [-0.4, -0.2) is 47.8 Å². The first kappa shape index (κ1) is 19.5. The number of hydrogen-bond acceptors (Lipinski definition) is 3. The van der Waals surface area contributed by atoms with Crippen molar-refractivity contribution in [2.24, 2.45) is 0 Å². The van der Waals surface area contributed by atoms with Gasteiger partial charge in [-0.15, -0.1) is 0 Å². The lowest BCUT2D eigenvalue weighted by molar-refractivity contribution is 0.0593. The molecule has 1 rings (SSSR count). The van der Waals surface area contributed by atoms with Gasteiger partial charge in [-0.25, -0.2) is 4.79 Å². The first-order valence-corrected chi connectivity index (χ1v) is 8.29. The van der Waals surface area contributed by atoms with E-state index in [9.17, 15) is 9.90 Å². The van der Waals surface area contributed by atoms with E-state index in [1.165, 1.54) is 0 Å². The number of carbonyl (C=O) groups excluding carboxylic acids is 1. The zero-order chi connectivity index (χ0) is 17.5. The maximum Gasteiger partial charge on any atom is 0.314 e. The first-order valence-electron chi connectivity index (χ1n) is 8.29. The summed E-state index contributed by atoms with van der Waals surface area (Å²) in [6.07, 6.45) is 0. The van der Waals surface area contributed by atoms with Gasteiger partial charge in [0, 0.05) is 25.2 Å². The Morgan fingerprint density at radius 1 is 1.13 bits per heavy atom. The molecule has 0 aliphatic rings. The number of hydrogen-bond donors (Lipinski definition) is 3. The summed E-state index contributed by atoms with van der Waals surface area (Å²) in [6.45, 7) is 11.8. The highest BCUT2D eigenvalue weighted by Crippen LogP contribution is 2.18. The number of carbonyl (C=O) groups is 1. The average Bonchev–Trinajstić information content (AvgIpc) is 2.49. The van der Waals surface area contributed by atoms with Crippen molar-refractivity contribution in [1.82, 2.24) is 15.5 Å². The fraction of sp³-hybridized carbons (Fsp3) is 0.611. The van der Waals surface area contributed by atoms with Crippen LogP contribution >= 0.6 is 0 Å². The molecule has 2 amide bonds. The molecule has 0 aliphatic heterocycles. The van der Waals surface area contributed by atoms with Crippen molar-refractivity contribution in [1.29, 1.82) is 0 Å². The van der Waals surface area contributed by atoms with Gasteiger partial charge in [-0.1, -0.05) is 30.3 Å². The second-order valence-corrected chi connectivity index (χ2v) is 6.67. The molecule has 0 radical (unpaired) electrons. The molecule has 1 aromatic rings. The number of urea groups is 1. The van der Waals surface area contributed by atoms with Crippen molar-refractivity contribution < 1.29 is 9.90 Å². The molecule has 0 heterocycles. The molecular formula is C18H31N3O2. The van der Waals surface area contributed by atoms with E-state index in [0.717, 1.165) is 12.1 Å². The molecule has 23 heavy (non-hydrogen) atoms. The molecule has 1 unspecified atom stereocenters. The van der Waals surface area contributed by atoms with E-state index in [1.54, 1.807) is 6.92 Å². The Morgan fingerprint density at radius 2 is 1.70 bits per heavy atom. The van der Waals surface area contributed by atoms with Crippen LogP contribution in [0.4, 0.5) is 4.79 Å². The van der Waals surface area contributed by atoms with Crippen molar-refractivity contribution in [2.75, 3.05) is 19.6 Å². The lowest BCUT2D eigenvalue weighted by atomic mass is 9.96. The van der Waals surface area contributed by atoms with E-state index in [2.05, 4.69) is 43.2 Å². The molecule has 0 saturated carbocycles. The SMILES string of the molecule is CC(C)N(CCNC(=O)NCC(C)(O)c1ccccc1)C(C)C. The Morgan fingerprint density at radius 3 is 2.22 bits per heavy atom. The molecule has 0 aliphatic carbocycles. The largest absolute Gasteiger partial charge is 0.384 e. The van der Waals surface area contributed by atoms with Crippen LogP contribution in [0.15, 0.2) is 30.3 Å². The normalized spacial score (nSPS) is 14.1. The Labute approximate surface area is 140 Å². The van der Waals surface area contributed by atoms with Gasteiger partial charge in [0.1, 0.15) is 5.60 Å². The van der Waals surface area contributed by atoms with Crippen LogP contribution in [0.3, 0.4) is 0 Å². The summed E-state index contributed by atoms with van der Waals surface area (Å²) in [7, 11) is 0. The van der Waals surface area contributed by atoms with Gasteiger partial charge in [0.05, 0.1) is 6.54 Å². The third-order valence-electron chi connectivity index (χ3n) is 3.97. The zero-order valence-electron chi connectivity index (χ0n) is 15.0. The number of amides is 2. The molecule has 0 bridgehead atoms. The van der Waals surface area contributed by atoms with E-state index >= 15 is 0 Å². The standard InChI is InChI=1S/C18H31N3O2/c1-14(2)21(15(3)4)12-11-19-17(22)20-13-18(5,23)16-9-7-6-8-10-16/h6-10,14-15,23H,11-13H2,1-5H3,(H2,19,20,22). The number of benzene rings is 1. The lowest BCUT2D eigenvalue weighted by Crippen LogP contribution is -2.47. The van der Waals surface area contributed by atoms with Crippen LogP contribution in [0.2, 0.25) is 0 Å². The fourth-order valence-corrected chi connectivity index (χ4v) is 2.63. The van der Waals surface area contributed by atoms with E-state index in [-0.39, 0.29) is 12.6 Å². The molecular weight excluding hydrogens is 290 g/mol. The predicted molar refractivity (Wildman–Crippen MR) is 94.4 cm³/mol. The highest BCUT2D eigenvalue weighted by Gasteiger charge is 2.23. The molecule has 1 atom stereocenters. The van der Waals surface area contributed by atoms with Gasteiger partial charge in [-0.05, 0) is 40.2 Å². The second kappa shape index (κ2) is 8.89. The summed E-state index contributed by atoms with van der Waals surface area (Å²) in [5.41, 5.74) is -0.299. The van der Waals surface area contributed by atoms with E-state index in [0.29, 0.717) is 18.6 Å². The third-order valence-corrected chi connectivity index (χ3v) is 3.97. The Bertz CT molecular complexity index is 464. The van der Waals surface area contributed by atoms with Gasteiger partial charge in [0.25, 0.3) is 0 Å². The van der Waals surface area contributed by atoms with Gasteiger partial charge in [0.15, 0.2) is 0 Å². The summed E-state index contributed by atoms with van der Waals surface area (Å²) >= 11 is 0. The molecule has 0 saturated heterocycles. The number of nitrogens with one attached hydrogen (secondary N) is 2. The summed E-state index contributed by atoms with van der Waals surface area (Å²) in [4.78, 5) is 14.2. The zero-order valence-corrected chi connectivity index (χ0v) is 15.0. The maximum atomic E-state index is 11.9. The minimum atomic E-state index is -1.08. The minimum Gasteiger partial charge on any atom is -0.384 e. The number of rotatable bonds is 8. The Kier molecular flexibility index (Phi) is 7.52. The van der Waals surface area contributed by atoms with E-state index in [4.69, 9.17) is 0 Å². The molecule has 0 fully saturated rings. The average molecular weight is 321 g/mol. The maximum absolute atomic E-state index is 11.9. The molecule has 5 heteroatoms. The molecule has 1 aromatic carbocycles. The monoisotopic (exact) mass is 321 g/mol.